The topological polar surface area (TPSA) is 60.5 Å². The van der Waals surface area contributed by atoms with Gasteiger partial charge in [0, 0.05) is 23.3 Å². The highest BCUT2D eigenvalue weighted by molar-refractivity contribution is 6.04. The maximum atomic E-state index is 12.3. The zero-order chi connectivity index (χ0) is 14.9. The van der Waals surface area contributed by atoms with Crippen LogP contribution >= 0.6 is 0 Å². The van der Waals surface area contributed by atoms with E-state index >= 15 is 0 Å². The number of benzene rings is 2. The Hall–Kier alpha value is -3.08. The van der Waals surface area contributed by atoms with Gasteiger partial charge in [0.2, 0.25) is 6.79 Å². The molecular formula is C17H12N2O3. The van der Waals surface area contributed by atoms with Crippen LogP contribution in [0.2, 0.25) is 0 Å². The number of hydrogen-bond acceptors (Lipinski definition) is 4. The van der Waals surface area contributed by atoms with Crippen LogP contribution in [0.1, 0.15) is 10.5 Å². The van der Waals surface area contributed by atoms with E-state index in [1.807, 2.05) is 24.3 Å². The lowest BCUT2D eigenvalue weighted by atomic mass is 10.1. The monoisotopic (exact) mass is 292 g/mol. The minimum atomic E-state index is -0.260. The summed E-state index contributed by atoms with van der Waals surface area (Å²) in [6, 6.07) is 14.8. The van der Waals surface area contributed by atoms with Crippen molar-refractivity contribution in [3.63, 3.8) is 0 Å². The van der Waals surface area contributed by atoms with E-state index in [0.29, 0.717) is 22.9 Å². The van der Waals surface area contributed by atoms with Crippen molar-refractivity contribution in [1.29, 1.82) is 0 Å². The fourth-order valence-electron chi connectivity index (χ4n) is 2.38. The van der Waals surface area contributed by atoms with Crippen molar-refractivity contribution < 1.29 is 14.3 Å². The van der Waals surface area contributed by atoms with E-state index in [-0.39, 0.29) is 12.7 Å². The second-order valence-electron chi connectivity index (χ2n) is 4.94. The summed E-state index contributed by atoms with van der Waals surface area (Å²) in [7, 11) is 0. The third-order valence-corrected chi connectivity index (χ3v) is 3.49. The molecular weight excluding hydrogens is 280 g/mol. The van der Waals surface area contributed by atoms with Crippen molar-refractivity contribution in [2.45, 2.75) is 0 Å². The molecule has 4 rings (SSSR count). The van der Waals surface area contributed by atoms with E-state index in [1.54, 1.807) is 30.5 Å². The first-order valence-electron chi connectivity index (χ1n) is 6.85. The first kappa shape index (κ1) is 12.6. The molecule has 5 nitrogen and oxygen atoms in total. The molecule has 5 heteroatoms. The third-order valence-electron chi connectivity index (χ3n) is 3.49. The molecule has 0 unspecified atom stereocenters. The maximum absolute atomic E-state index is 12.3. The minimum Gasteiger partial charge on any atom is -0.454 e. The molecule has 108 valence electrons. The van der Waals surface area contributed by atoms with Gasteiger partial charge in [-0.05, 0) is 23.6 Å². The molecule has 0 radical (unpaired) electrons. The van der Waals surface area contributed by atoms with Gasteiger partial charge >= 0.3 is 0 Å². The van der Waals surface area contributed by atoms with Crippen LogP contribution in [-0.4, -0.2) is 17.7 Å². The summed E-state index contributed by atoms with van der Waals surface area (Å²) < 4.78 is 10.5. The second-order valence-corrected chi connectivity index (χ2v) is 4.94. The lowest BCUT2D eigenvalue weighted by molar-refractivity contribution is 0.102. The lowest BCUT2D eigenvalue weighted by Crippen LogP contribution is -2.13. The zero-order valence-electron chi connectivity index (χ0n) is 11.6. The van der Waals surface area contributed by atoms with Gasteiger partial charge in [-0.2, -0.15) is 0 Å². The smallest absolute Gasteiger partial charge is 0.274 e. The van der Waals surface area contributed by atoms with E-state index in [1.165, 1.54) is 0 Å². The highest BCUT2D eigenvalue weighted by atomic mass is 16.7. The normalized spacial score (nSPS) is 12.4. The number of carbonyl (C=O) groups is 1. The van der Waals surface area contributed by atoms with Crippen molar-refractivity contribution in [2.24, 2.45) is 0 Å². The number of nitrogens with one attached hydrogen (secondary N) is 1. The van der Waals surface area contributed by atoms with E-state index in [0.717, 1.165) is 10.8 Å². The number of amides is 1. The Morgan fingerprint density at radius 1 is 1.00 bits per heavy atom. The summed E-state index contributed by atoms with van der Waals surface area (Å²) in [5, 5.41) is 4.80. The van der Waals surface area contributed by atoms with Gasteiger partial charge in [-0.1, -0.05) is 24.3 Å². The van der Waals surface area contributed by atoms with Crippen LogP contribution in [0.5, 0.6) is 11.5 Å². The highest BCUT2D eigenvalue weighted by Crippen LogP contribution is 2.34. The van der Waals surface area contributed by atoms with Gasteiger partial charge in [-0.15, -0.1) is 0 Å². The van der Waals surface area contributed by atoms with E-state index in [2.05, 4.69) is 10.3 Å². The quantitative estimate of drug-likeness (QED) is 0.788. The first-order chi connectivity index (χ1) is 10.8. The summed E-state index contributed by atoms with van der Waals surface area (Å²) in [6.07, 6.45) is 1.70. The number of carbonyl (C=O) groups excluding carboxylic acids is 1. The van der Waals surface area contributed by atoms with Crippen LogP contribution in [0.15, 0.2) is 54.7 Å². The van der Waals surface area contributed by atoms with Crippen LogP contribution in [0.25, 0.3) is 10.8 Å². The molecule has 3 aromatic rings. The minimum absolute atomic E-state index is 0.207. The average molecular weight is 292 g/mol. The number of aromatic nitrogens is 1. The molecule has 22 heavy (non-hydrogen) atoms. The Balaban J connectivity index is 1.60. The molecule has 1 aliphatic heterocycles. The summed E-state index contributed by atoms with van der Waals surface area (Å²) in [5.41, 5.74) is 1.01. The Bertz CT molecular complexity index is 877. The van der Waals surface area contributed by atoms with Crippen molar-refractivity contribution in [3.8, 4) is 11.5 Å². The Labute approximate surface area is 126 Å². The fourth-order valence-corrected chi connectivity index (χ4v) is 2.38. The highest BCUT2D eigenvalue weighted by Gasteiger charge is 2.15. The van der Waals surface area contributed by atoms with Gasteiger partial charge in [0.05, 0.1) is 0 Å². The molecule has 1 aromatic heterocycles. The predicted molar refractivity (Wildman–Crippen MR) is 82.3 cm³/mol. The van der Waals surface area contributed by atoms with Gasteiger partial charge in [0.25, 0.3) is 5.91 Å². The van der Waals surface area contributed by atoms with Crippen molar-refractivity contribution in [1.82, 2.24) is 4.98 Å². The van der Waals surface area contributed by atoms with E-state index in [9.17, 15) is 4.79 Å². The number of rotatable bonds is 2. The van der Waals surface area contributed by atoms with Gasteiger partial charge in [-0.3, -0.25) is 9.78 Å². The molecule has 2 heterocycles. The molecule has 0 aliphatic carbocycles. The van der Waals surface area contributed by atoms with Crippen LogP contribution in [-0.2, 0) is 0 Å². The second kappa shape index (κ2) is 5.04. The molecule has 2 aromatic carbocycles. The van der Waals surface area contributed by atoms with Crippen LogP contribution in [0.3, 0.4) is 0 Å². The van der Waals surface area contributed by atoms with E-state index < -0.39 is 0 Å². The maximum Gasteiger partial charge on any atom is 0.274 e. The van der Waals surface area contributed by atoms with E-state index in [4.69, 9.17) is 9.47 Å². The third kappa shape index (κ3) is 2.22. The molecule has 0 saturated carbocycles. The Kier molecular flexibility index (Phi) is 2.89. The van der Waals surface area contributed by atoms with Crippen LogP contribution < -0.4 is 14.8 Å². The number of nitrogens with zero attached hydrogens (tertiary/aromatic N) is 1. The zero-order valence-corrected chi connectivity index (χ0v) is 11.6. The van der Waals surface area contributed by atoms with Crippen molar-refractivity contribution >= 4 is 22.4 Å². The molecule has 0 spiro atoms. The lowest BCUT2D eigenvalue weighted by Gasteiger charge is -2.06. The van der Waals surface area contributed by atoms with Crippen molar-refractivity contribution in [3.05, 3.63) is 60.4 Å². The molecule has 1 amide bonds. The standard InChI is InChI=1S/C17H12N2O3/c20-17(14-7-11-3-1-2-4-12(11)9-18-14)19-13-5-6-15-16(8-13)22-10-21-15/h1-9H,10H2,(H,19,20). The number of hydrogen-bond donors (Lipinski definition) is 1. The van der Waals surface area contributed by atoms with Crippen LogP contribution in [0, 0.1) is 0 Å². The first-order valence-corrected chi connectivity index (χ1v) is 6.85. The number of anilines is 1. The molecule has 0 bridgehead atoms. The summed E-state index contributed by atoms with van der Waals surface area (Å²) in [5.74, 6) is 1.05. The number of pyridine rings is 1. The van der Waals surface area contributed by atoms with Gasteiger partial charge in [0.1, 0.15) is 5.69 Å². The molecule has 1 N–H and O–H groups in total. The fraction of sp³-hybridized carbons (Fsp3) is 0.0588. The largest absolute Gasteiger partial charge is 0.454 e. The number of fused-ring (bicyclic) bond motifs is 2. The average Bonchev–Trinajstić information content (AvgIpc) is 3.02. The molecule has 0 fully saturated rings. The number of ether oxygens (including phenoxy) is 2. The Morgan fingerprint density at radius 3 is 2.73 bits per heavy atom. The van der Waals surface area contributed by atoms with Gasteiger partial charge < -0.3 is 14.8 Å². The molecule has 1 aliphatic rings. The Morgan fingerprint density at radius 2 is 1.82 bits per heavy atom. The summed E-state index contributed by atoms with van der Waals surface area (Å²) in [6.45, 7) is 0.207. The van der Waals surface area contributed by atoms with Crippen molar-refractivity contribution in [2.75, 3.05) is 12.1 Å². The van der Waals surface area contributed by atoms with Gasteiger partial charge in [0.15, 0.2) is 11.5 Å². The summed E-state index contributed by atoms with van der Waals surface area (Å²) >= 11 is 0. The van der Waals surface area contributed by atoms with Gasteiger partial charge in [-0.25, -0.2) is 0 Å². The summed E-state index contributed by atoms with van der Waals surface area (Å²) in [4.78, 5) is 16.5. The molecule has 0 atom stereocenters. The molecule has 0 saturated heterocycles. The predicted octanol–water partition coefficient (Wildman–Crippen LogP) is 3.22. The van der Waals surface area contributed by atoms with Crippen LogP contribution in [0.4, 0.5) is 5.69 Å². The SMILES string of the molecule is O=C(Nc1ccc2c(c1)OCO2)c1cc2ccccc2cn1.